The normalized spacial score (nSPS) is 13.9. The molecule has 0 fully saturated rings. The Morgan fingerprint density at radius 2 is 1.59 bits per heavy atom. The van der Waals surface area contributed by atoms with E-state index in [4.69, 9.17) is 11.5 Å². The van der Waals surface area contributed by atoms with Gasteiger partial charge >= 0.3 is 5.97 Å². The van der Waals surface area contributed by atoms with E-state index >= 15 is 0 Å². The van der Waals surface area contributed by atoms with Gasteiger partial charge in [-0.3, -0.25) is 19.2 Å². The molecule has 4 atom stereocenters. The average Bonchev–Trinajstić information content (AvgIpc) is 3.39. The van der Waals surface area contributed by atoms with Crippen LogP contribution >= 0.6 is 11.8 Å². The van der Waals surface area contributed by atoms with Crippen LogP contribution in [0.2, 0.25) is 0 Å². The summed E-state index contributed by atoms with van der Waals surface area (Å²) in [6.45, 7) is 0. The zero-order chi connectivity index (χ0) is 28.9. The predicted octanol–water partition coefficient (Wildman–Crippen LogP) is -1.60. The van der Waals surface area contributed by atoms with Gasteiger partial charge in [0.15, 0.2) is 0 Å². The van der Waals surface area contributed by atoms with Crippen molar-refractivity contribution in [2.75, 3.05) is 12.0 Å². The molecular weight excluding hydrogens is 530 g/mol. The highest BCUT2D eigenvalue weighted by Crippen LogP contribution is 2.11. The number of phenolic OH excluding ortho intramolecular Hbond substituents is 1. The number of aromatic hydroxyl groups is 1. The number of amides is 4. The zero-order valence-electron chi connectivity index (χ0n) is 21.3. The van der Waals surface area contributed by atoms with Crippen LogP contribution in [0.5, 0.6) is 5.75 Å². The van der Waals surface area contributed by atoms with Crippen molar-refractivity contribution in [2.24, 2.45) is 11.5 Å². The summed E-state index contributed by atoms with van der Waals surface area (Å²) < 4.78 is 0. The SMILES string of the molecule is CSCCC(NC(=O)C(CC(N)=O)NC(=O)C(Cc1cnc[nH]1)NC(=O)C(N)Cc1ccc(O)cc1)C(=O)O. The first kappa shape index (κ1) is 31.1. The van der Waals surface area contributed by atoms with Crippen molar-refractivity contribution >= 4 is 41.4 Å². The molecule has 0 saturated carbocycles. The molecule has 0 saturated heterocycles. The summed E-state index contributed by atoms with van der Waals surface area (Å²) in [4.78, 5) is 68.8. The van der Waals surface area contributed by atoms with E-state index < -0.39 is 60.2 Å². The first-order chi connectivity index (χ1) is 18.5. The number of phenols is 1. The fraction of sp³-hybridized carbons (Fsp3) is 0.417. The second-order valence-corrected chi connectivity index (χ2v) is 9.72. The fourth-order valence-corrected chi connectivity index (χ4v) is 4.00. The van der Waals surface area contributed by atoms with Crippen molar-refractivity contribution in [3.63, 3.8) is 0 Å². The number of carboxylic acid groups (broad SMARTS) is 1. The molecule has 0 aliphatic carbocycles. The predicted molar refractivity (Wildman–Crippen MR) is 142 cm³/mol. The highest BCUT2D eigenvalue weighted by molar-refractivity contribution is 7.98. The minimum atomic E-state index is -1.49. The molecule has 39 heavy (non-hydrogen) atoms. The molecule has 212 valence electrons. The quantitative estimate of drug-likeness (QED) is 0.116. The van der Waals surface area contributed by atoms with E-state index in [0.717, 1.165) is 0 Å². The number of imidazole rings is 1. The largest absolute Gasteiger partial charge is 0.508 e. The standard InChI is InChI=1S/C24H33N7O7S/c1-39-7-6-17(24(37)38)29-23(36)19(10-20(26)33)31-22(35)18(9-14-11-27-12-28-14)30-21(34)16(25)8-13-2-4-15(32)5-3-13/h2-5,11-12,16-19,32H,6-10,25H2,1H3,(H2,26,33)(H,27,28)(H,29,36)(H,30,34)(H,31,35)(H,37,38). The summed E-state index contributed by atoms with van der Waals surface area (Å²) in [6, 6.07) is 1.10. The van der Waals surface area contributed by atoms with Crippen LogP contribution in [0.3, 0.4) is 0 Å². The smallest absolute Gasteiger partial charge is 0.326 e. The third kappa shape index (κ3) is 10.6. The number of hydrogen-bond donors (Lipinski definition) is 8. The van der Waals surface area contributed by atoms with Crippen LogP contribution in [-0.4, -0.2) is 86.0 Å². The molecular formula is C24H33N7O7S. The van der Waals surface area contributed by atoms with E-state index in [1.54, 1.807) is 18.4 Å². The van der Waals surface area contributed by atoms with Gasteiger partial charge < -0.3 is 42.6 Å². The van der Waals surface area contributed by atoms with Crippen LogP contribution in [0.15, 0.2) is 36.8 Å². The lowest BCUT2D eigenvalue weighted by Gasteiger charge is -2.24. The van der Waals surface area contributed by atoms with Crippen LogP contribution < -0.4 is 27.4 Å². The first-order valence-corrected chi connectivity index (χ1v) is 13.3. The number of aliphatic carboxylic acids is 1. The van der Waals surface area contributed by atoms with Gasteiger partial charge in [-0.1, -0.05) is 12.1 Å². The number of nitrogens with one attached hydrogen (secondary N) is 4. The van der Waals surface area contributed by atoms with Gasteiger partial charge in [-0.05, 0) is 42.5 Å². The number of aromatic nitrogens is 2. The number of benzene rings is 1. The van der Waals surface area contributed by atoms with Gasteiger partial charge in [-0.2, -0.15) is 11.8 Å². The number of primary amides is 1. The minimum absolute atomic E-state index is 0.0557. The Hall–Kier alpha value is -4.11. The zero-order valence-corrected chi connectivity index (χ0v) is 22.1. The van der Waals surface area contributed by atoms with E-state index in [2.05, 4.69) is 25.9 Å². The highest BCUT2D eigenvalue weighted by Gasteiger charge is 2.31. The van der Waals surface area contributed by atoms with Crippen LogP contribution in [0.1, 0.15) is 24.1 Å². The molecule has 0 bridgehead atoms. The maximum atomic E-state index is 13.2. The van der Waals surface area contributed by atoms with Crippen molar-refractivity contribution in [3.05, 3.63) is 48.0 Å². The summed E-state index contributed by atoms with van der Waals surface area (Å²) in [6.07, 6.45) is 4.19. The summed E-state index contributed by atoms with van der Waals surface area (Å²) >= 11 is 1.39. The van der Waals surface area contributed by atoms with Crippen LogP contribution in [-0.2, 0) is 36.8 Å². The molecule has 2 rings (SSSR count). The number of thioether (sulfide) groups is 1. The Balaban J connectivity index is 2.17. The number of aromatic amines is 1. The number of rotatable bonds is 16. The summed E-state index contributed by atoms with van der Waals surface area (Å²) in [5.41, 5.74) is 12.5. The topological polar surface area (TPSA) is 243 Å². The molecule has 1 aromatic heterocycles. The van der Waals surface area contributed by atoms with E-state index in [9.17, 15) is 34.2 Å². The van der Waals surface area contributed by atoms with E-state index in [-0.39, 0.29) is 25.0 Å². The lowest BCUT2D eigenvalue weighted by atomic mass is 10.0. The third-order valence-electron chi connectivity index (χ3n) is 5.60. The maximum Gasteiger partial charge on any atom is 0.326 e. The van der Waals surface area contributed by atoms with Gasteiger partial charge in [-0.25, -0.2) is 9.78 Å². The molecule has 14 nitrogen and oxygen atoms in total. The van der Waals surface area contributed by atoms with E-state index in [1.165, 1.54) is 36.4 Å². The second-order valence-electron chi connectivity index (χ2n) is 8.73. The Kier molecular flexibility index (Phi) is 12.2. The van der Waals surface area contributed by atoms with Crippen molar-refractivity contribution in [1.29, 1.82) is 0 Å². The van der Waals surface area contributed by atoms with E-state index in [0.29, 0.717) is 17.0 Å². The van der Waals surface area contributed by atoms with Gasteiger partial charge in [0, 0.05) is 18.3 Å². The molecule has 0 aliphatic heterocycles. The number of nitrogens with two attached hydrogens (primary N) is 2. The van der Waals surface area contributed by atoms with Crippen LogP contribution in [0.4, 0.5) is 0 Å². The van der Waals surface area contributed by atoms with Crippen molar-refractivity contribution in [1.82, 2.24) is 25.9 Å². The summed E-state index contributed by atoms with van der Waals surface area (Å²) in [5.74, 6) is -4.07. The number of H-pyrrole nitrogens is 1. The third-order valence-corrected chi connectivity index (χ3v) is 6.25. The first-order valence-electron chi connectivity index (χ1n) is 11.9. The summed E-state index contributed by atoms with van der Waals surface area (Å²) in [5, 5.41) is 26.1. The second kappa shape index (κ2) is 15.3. The monoisotopic (exact) mass is 563 g/mol. The van der Waals surface area contributed by atoms with Gasteiger partial charge in [0.05, 0.1) is 18.8 Å². The summed E-state index contributed by atoms with van der Waals surface area (Å²) in [7, 11) is 0. The Labute approximate surface area is 228 Å². The number of carboxylic acids is 1. The molecule has 4 unspecified atom stereocenters. The van der Waals surface area contributed by atoms with Crippen molar-refractivity contribution in [2.45, 2.75) is 49.9 Å². The molecule has 2 aromatic rings. The van der Waals surface area contributed by atoms with Gasteiger partial charge in [-0.15, -0.1) is 0 Å². The van der Waals surface area contributed by atoms with Crippen LogP contribution in [0, 0.1) is 0 Å². The molecule has 1 aromatic carbocycles. The molecule has 0 radical (unpaired) electrons. The van der Waals surface area contributed by atoms with Gasteiger partial charge in [0.1, 0.15) is 23.9 Å². The van der Waals surface area contributed by atoms with E-state index in [1.807, 2.05) is 0 Å². The van der Waals surface area contributed by atoms with Gasteiger partial charge in [0.2, 0.25) is 23.6 Å². The lowest BCUT2D eigenvalue weighted by molar-refractivity contribution is -0.142. The lowest BCUT2D eigenvalue weighted by Crippen LogP contribution is -2.58. The molecule has 0 aliphatic rings. The molecule has 10 N–H and O–H groups in total. The Morgan fingerprint density at radius 1 is 0.974 bits per heavy atom. The highest BCUT2D eigenvalue weighted by atomic mass is 32.2. The molecule has 4 amide bonds. The molecule has 15 heteroatoms. The van der Waals surface area contributed by atoms with Crippen molar-refractivity contribution < 1.29 is 34.2 Å². The molecule has 1 heterocycles. The number of carbonyl (C=O) groups excluding carboxylic acids is 4. The Bertz CT molecular complexity index is 1130. The molecule has 0 spiro atoms. The number of nitrogens with zero attached hydrogens (tertiary/aromatic N) is 1. The average molecular weight is 564 g/mol. The minimum Gasteiger partial charge on any atom is -0.508 e. The maximum absolute atomic E-state index is 13.2. The van der Waals surface area contributed by atoms with Crippen molar-refractivity contribution in [3.8, 4) is 5.75 Å². The number of carbonyl (C=O) groups is 5. The van der Waals surface area contributed by atoms with Crippen LogP contribution in [0.25, 0.3) is 0 Å². The fourth-order valence-electron chi connectivity index (χ4n) is 3.53. The van der Waals surface area contributed by atoms with Gasteiger partial charge in [0.25, 0.3) is 0 Å². The Morgan fingerprint density at radius 3 is 2.15 bits per heavy atom. The number of hydrogen-bond acceptors (Lipinski definition) is 9.